The van der Waals surface area contributed by atoms with Gasteiger partial charge < -0.3 is 9.84 Å². The Morgan fingerprint density at radius 1 is 1.43 bits per heavy atom. The van der Waals surface area contributed by atoms with Crippen molar-refractivity contribution in [1.29, 1.82) is 0 Å². The van der Waals surface area contributed by atoms with Crippen LogP contribution in [0.3, 0.4) is 0 Å². The first kappa shape index (κ1) is 17.5. The minimum absolute atomic E-state index is 0.146. The summed E-state index contributed by atoms with van der Waals surface area (Å²) in [6.45, 7) is 3.64. The summed E-state index contributed by atoms with van der Waals surface area (Å²) in [6, 6.07) is 7.38. The third-order valence-electron chi connectivity index (χ3n) is 3.26. The molecule has 0 saturated carbocycles. The van der Waals surface area contributed by atoms with E-state index in [1.165, 1.54) is 0 Å². The van der Waals surface area contributed by atoms with Gasteiger partial charge in [0.15, 0.2) is 0 Å². The largest absolute Gasteiger partial charge is 0.491 e. The van der Waals surface area contributed by atoms with E-state index in [4.69, 9.17) is 22.1 Å². The molecule has 7 heteroatoms. The maximum atomic E-state index is 12.2. The number of thiocarbonyl (C=S) groups is 1. The summed E-state index contributed by atoms with van der Waals surface area (Å²) in [4.78, 5) is 24.4. The van der Waals surface area contributed by atoms with Gasteiger partial charge in [0.1, 0.15) is 16.6 Å². The molecule has 122 valence electrons. The molecule has 1 N–H and O–H groups in total. The van der Waals surface area contributed by atoms with Crippen LogP contribution in [0.25, 0.3) is 6.08 Å². The van der Waals surface area contributed by atoms with E-state index in [2.05, 4.69) is 6.92 Å². The monoisotopic (exact) mass is 351 g/mol. The first-order valence-corrected chi connectivity index (χ1v) is 8.37. The number of carboxylic acids is 1. The van der Waals surface area contributed by atoms with Crippen LogP contribution in [0.5, 0.6) is 5.75 Å². The predicted molar refractivity (Wildman–Crippen MR) is 94.3 cm³/mol. The quantitative estimate of drug-likeness (QED) is 0.627. The molecule has 1 aromatic carbocycles. The fourth-order valence-electron chi connectivity index (χ4n) is 1.88. The summed E-state index contributed by atoms with van der Waals surface area (Å²) in [5, 5.41) is 8.81. The van der Waals surface area contributed by atoms with Crippen LogP contribution in [0.15, 0.2) is 29.2 Å². The Kier molecular flexibility index (Phi) is 5.79. The molecule has 1 aliphatic rings. The smallest absolute Gasteiger partial charge is 0.323 e. The molecule has 1 amide bonds. The van der Waals surface area contributed by atoms with Crippen LogP contribution in [0, 0.1) is 0 Å². The van der Waals surface area contributed by atoms with Crippen molar-refractivity contribution in [2.75, 3.05) is 6.54 Å². The van der Waals surface area contributed by atoms with Crippen LogP contribution < -0.4 is 4.74 Å². The zero-order chi connectivity index (χ0) is 17.0. The minimum Gasteiger partial charge on any atom is -0.491 e. The van der Waals surface area contributed by atoms with Crippen LogP contribution >= 0.6 is 24.0 Å². The van der Waals surface area contributed by atoms with Gasteiger partial charge in [-0.25, -0.2) is 0 Å². The van der Waals surface area contributed by atoms with Crippen molar-refractivity contribution in [3.8, 4) is 5.75 Å². The Bertz CT molecular complexity index is 655. The third-order valence-corrected chi connectivity index (χ3v) is 4.63. The summed E-state index contributed by atoms with van der Waals surface area (Å²) in [5.74, 6) is -0.689. The number of amides is 1. The zero-order valence-corrected chi connectivity index (χ0v) is 14.4. The SMILES string of the molecule is CC[C@@H](C)Oc1ccc(/C=C2/SC(=S)N(CC(=O)O)C2=O)cc1. The van der Waals surface area contributed by atoms with Gasteiger partial charge in [-0.15, -0.1) is 0 Å². The number of aliphatic carboxylic acids is 1. The van der Waals surface area contributed by atoms with Gasteiger partial charge in [0.25, 0.3) is 5.91 Å². The maximum Gasteiger partial charge on any atom is 0.323 e. The van der Waals surface area contributed by atoms with Crippen LogP contribution in [0.2, 0.25) is 0 Å². The highest BCUT2D eigenvalue weighted by Gasteiger charge is 2.33. The van der Waals surface area contributed by atoms with Crippen molar-refractivity contribution in [2.24, 2.45) is 0 Å². The molecule has 1 fully saturated rings. The molecule has 0 aliphatic carbocycles. The van der Waals surface area contributed by atoms with Crippen LogP contribution in [-0.2, 0) is 9.59 Å². The van der Waals surface area contributed by atoms with E-state index in [1.807, 2.05) is 31.2 Å². The molecular formula is C16H17NO4S2. The number of ether oxygens (including phenoxy) is 1. The first-order chi connectivity index (χ1) is 10.9. The average molecular weight is 351 g/mol. The minimum atomic E-state index is -1.09. The van der Waals surface area contributed by atoms with Crippen molar-refractivity contribution in [3.05, 3.63) is 34.7 Å². The second-order valence-corrected chi connectivity index (χ2v) is 6.74. The molecule has 1 aliphatic heterocycles. The molecule has 0 spiro atoms. The summed E-state index contributed by atoms with van der Waals surface area (Å²) < 4.78 is 5.96. The number of hydrogen-bond donors (Lipinski definition) is 1. The normalized spacial score (nSPS) is 17.7. The van der Waals surface area contributed by atoms with Gasteiger partial charge in [0.2, 0.25) is 0 Å². The number of hydrogen-bond acceptors (Lipinski definition) is 5. The lowest BCUT2D eigenvalue weighted by Gasteiger charge is -2.12. The van der Waals surface area contributed by atoms with Crippen molar-refractivity contribution < 1.29 is 19.4 Å². The van der Waals surface area contributed by atoms with Gasteiger partial charge in [0.05, 0.1) is 11.0 Å². The highest BCUT2D eigenvalue weighted by molar-refractivity contribution is 8.26. The summed E-state index contributed by atoms with van der Waals surface area (Å²) >= 11 is 6.17. The summed E-state index contributed by atoms with van der Waals surface area (Å²) in [7, 11) is 0. The van der Waals surface area contributed by atoms with Crippen molar-refractivity contribution in [2.45, 2.75) is 26.4 Å². The number of thioether (sulfide) groups is 1. The van der Waals surface area contributed by atoms with Crippen LogP contribution in [0.1, 0.15) is 25.8 Å². The zero-order valence-electron chi connectivity index (χ0n) is 12.8. The standard InChI is InChI=1S/C16H17NO4S2/c1-3-10(2)21-12-6-4-11(5-7-12)8-13-15(20)17(9-14(18)19)16(22)23-13/h4-8,10H,3,9H2,1-2H3,(H,18,19)/b13-8+/t10-/m1/s1. The molecule has 23 heavy (non-hydrogen) atoms. The Morgan fingerprint density at radius 2 is 2.09 bits per heavy atom. The lowest BCUT2D eigenvalue weighted by atomic mass is 10.2. The summed E-state index contributed by atoms with van der Waals surface area (Å²) in [6.07, 6.45) is 2.77. The van der Waals surface area contributed by atoms with Crippen molar-refractivity contribution >= 4 is 46.3 Å². The number of carbonyl (C=O) groups is 2. The fourth-order valence-corrected chi connectivity index (χ4v) is 3.14. The van der Waals surface area contributed by atoms with Gasteiger partial charge >= 0.3 is 5.97 Å². The van der Waals surface area contributed by atoms with E-state index in [0.29, 0.717) is 4.91 Å². The molecule has 0 unspecified atom stereocenters. The van der Waals surface area contributed by atoms with Crippen LogP contribution in [0.4, 0.5) is 0 Å². The molecule has 1 aromatic rings. The second-order valence-electron chi connectivity index (χ2n) is 5.07. The molecule has 2 rings (SSSR count). The highest BCUT2D eigenvalue weighted by atomic mass is 32.2. The van der Waals surface area contributed by atoms with E-state index in [9.17, 15) is 9.59 Å². The Morgan fingerprint density at radius 3 is 2.65 bits per heavy atom. The number of benzene rings is 1. The van der Waals surface area contributed by atoms with Gasteiger partial charge in [0, 0.05) is 0 Å². The average Bonchev–Trinajstić information content (AvgIpc) is 2.76. The first-order valence-electron chi connectivity index (χ1n) is 7.14. The molecule has 1 atom stereocenters. The third kappa shape index (κ3) is 4.56. The van der Waals surface area contributed by atoms with Crippen LogP contribution in [-0.4, -0.2) is 38.9 Å². The number of carbonyl (C=O) groups excluding carboxylic acids is 1. The predicted octanol–water partition coefficient (Wildman–Crippen LogP) is 3.15. The molecule has 1 heterocycles. The van der Waals surface area contributed by atoms with Crippen molar-refractivity contribution in [3.63, 3.8) is 0 Å². The van der Waals surface area contributed by atoms with Crippen molar-refractivity contribution in [1.82, 2.24) is 4.90 Å². The Balaban J connectivity index is 2.11. The highest BCUT2D eigenvalue weighted by Crippen LogP contribution is 2.32. The van der Waals surface area contributed by atoms with E-state index in [1.54, 1.807) is 6.08 Å². The molecule has 5 nitrogen and oxygen atoms in total. The van der Waals surface area contributed by atoms with Gasteiger partial charge in [-0.2, -0.15) is 0 Å². The number of nitrogens with zero attached hydrogens (tertiary/aromatic N) is 1. The van der Waals surface area contributed by atoms with Gasteiger partial charge in [-0.1, -0.05) is 43.0 Å². The Labute approximate surface area is 144 Å². The van der Waals surface area contributed by atoms with Gasteiger partial charge in [-0.05, 0) is 37.1 Å². The molecule has 0 aromatic heterocycles. The maximum absolute atomic E-state index is 12.2. The molecule has 0 radical (unpaired) electrons. The lowest BCUT2D eigenvalue weighted by molar-refractivity contribution is -0.140. The molecular weight excluding hydrogens is 334 g/mol. The lowest BCUT2D eigenvalue weighted by Crippen LogP contribution is -2.33. The van der Waals surface area contributed by atoms with Gasteiger partial charge in [-0.3, -0.25) is 14.5 Å². The topological polar surface area (TPSA) is 66.8 Å². The van der Waals surface area contributed by atoms with E-state index in [-0.39, 0.29) is 16.3 Å². The fraction of sp³-hybridized carbons (Fsp3) is 0.312. The van der Waals surface area contributed by atoms with E-state index in [0.717, 1.165) is 34.4 Å². The van der Waals surface area contributed by atoms with E-state index >= 15 is 0 Å². The molecule has 0 bridgehead atoms. The second kappa shape index (κ2) is 7.61. The van der Waals surface area contributed by atoms with E-state index < -0.39 is 12.5 Å². The molecule has 1 saturated heterocycles. The Hall–Kier alpha value is -1.86. The number of carboxylic acid groups (broad SMARTS) is 1. The number of rotatable bonds is 6. The summed E-state index contributed by atoms with van der Waals surface area (Å²) in [5.41, 5.74) is 0.831.